The predicted octanol–water partition coefficient (Wildman–Crippen LogP) is 3.51. The molecule has 2 aliphatic rings. The second kappa shape index (κ2) is 9.25. The third-order valence-corrected chi connectivity index (χ3v) is 6.13. The van der Waals surface area contributed by atoms with Crippen LogP contribution in [0.1, 0.15) is 43.0 Å². The van der Waals surface area contributed by atoms with Gasteiger partial charge in [-0.1, -0.05) is 30.4 Å². The van der Waals surface area contributed by atoms with Gasteiger partial charge < -0.3 is 14.5 Å². The number of amides is 1. The number of rotatable bonds is 10. The zero-order valence-electron chi connectivity index (χ0n) is 17.0. The summed E-state index contributed by atoms with van der Waals surface area (Å²) in [6, 6.07) is 7.92. The first kappa shape index (κ1) is 19.7. The molecule has 29 heavy (non-hydrogen) atoms. The molecule has 0 spiro atoms. The summed E-state index contributed by atoms with van der Waals surface area (Å²) < 4.78 is 11.1. The minimum absolute atomic E-state index is 0.0532. The molecule has 0 radical (unpaired) electrons. The van der Waals surface area contributed by atoms with Gasteiger partial charge in [0.2, 0.25) is 17.7 Å². The van der Waals surface area contributed by atoms with Gasteiger partial charge in [-0.3, -0.25) is 4.79 Å². The normalized spacial score (nSPS) is 22.2. The van der Waals surface area contributed by atoms with Crippen molar-refractivity contribution >= 4 is 5.91 Å². The van der Waals surface area contributed by atoms with Crippen molar-refractivity contribution in [1.82, 2.24) is 15.5 Å². The van der Waals surface area contributed by atoms with Gasteiger partial charge in [-0.2, -0.15) is 0 Å². The van der Waals surface area contributed by atoms with E-state index in [1.807, 2.05) is 24.3 Å². The Kier molecular flexibility index (Phi) is 6.27. The smallest absolute Gasteiger partial charge is 0.220 e. The molecule has 0 saturated heterocycles. The molecule has 1 fully saturated rings. The molecular formula is C23H29N3O3. The molecule has 6 heteroatoms. The number of methoxy groups -OCH3 is 1. The number of allylic oxidation sites excluding steroid dienone is 2. The molecule has 4 rings (SSSR count). The summed E-state index contributed by atoms with van der Waals surface area (Å²) in [7, 11) is 1.67. The summed E-state index contributed by atoms with van der Waals surface area (Å²) in [4.78, 5) is 12.1. The van der Waals surface area contributed by atoms with Crippen molar-refractivity contribution in [1.29, 1.82) is 0 Å². The molecule has 154 valence electrons. The SMILES string of the molecule is COc1ccccc1CCc1nnc(CCC(=O)NCC[C@@H]2C[C@@H]3C=C[C@@H]2C3)o1. The van der Waals surface area contributed by atoms with Gasteiger partial charge in [0, 0.05) is 25.8 Å². The average Bonchev–Trinajstić information content (AvgIpc) is 3.48. The molecule has 2 aromatic rings. The standard InChI is InChI=1S/C23H29N3O3/c1-28-20-5-3-2-4-17(20)8-10-22-25-26-23(29-22)11-9-21(27)24-13-12-19-15-16-6-7-18(19)14-16/h2-7,16,18-19H,8-15H2,1H3,(H,24,27)/t16-,18-,19-/m1/s1. The van der Waals surface area contributed by atoms with Crippen LogP contribution >= 0.6 is 0 Å². The Morgan fingerprint density at radius 1 is 1.14 bits per heavy atom. The number of nitrogens with one attached hydrogen (secondary N) is 1. The Labute approximate surface area is 171 Å². The summed E-state index contributed by atoms with van der Waals surface area (Å²) in [5.41, 5.74) is 1.11. The summed E-state index contributed by atoms with van der Waals surface area (Å²) in [5.74, 6) is 4.30. The number of fused-ring (bicyclic) bond motifs is 2. The van der Waals surface area contributed by atoms with Gasteiger partial charge in [0.05, 0.1) is 7.11 Å². The highest BCUT2D eigenvalue weighted by Crippen LogP contribution is 2.44. The lowest BCUT2D eigenvalue weighted by molar-refractivity contribution is -0.121. The zero-order valence-corrected chi connectivity index (χ0v) is 17.0. The molecule has 1 saturated carbocycles. The monoisotopic (exact) mass is 395 g/mol. The fraction of sp³-hybridized carbons (Fsp3) is 0.522. The third-order valence-electron chi connectivity index (χ3n) is 6.13. The Morgan fingerprint density at radius 2 is 1.97 bits per heavy atom. The molecule has 1 aromatic carbocycles. The Balaban J connectivity index is 1.15. The lowest BCUT2D eigenvalue weighted by atomic mass is 9.91. The number of benzene rings is 1. The lowest BCUT2D eigenvalue weighted by Gasteiger charge is -2.17. The van der Waals surface area contributed by atoms with Crippen LogP contribution in [0.25, 0.3) is 0 Å². The van der Waals surface area contributed by atoms with Crippen LogP contribution in [-0.2, 0) is 24.1 Å². The number of ether oxygens (including phenoxy) is 1. The number of nitrogens with zero attached hydrogens (tertiary/aromatic N) is 2. The molecule has 6 nitrogen and oxygen atoms in total. The minimum Gasteiger partial charge on any atom is -0.496 e. The molecule has 1 aromatic heterocycles. The molecule has 3 atom stereocenters. The van der Waals surface area contributed by atoms with Crippen LogP contribution in [-0.4, -0.2) is 29.8 Å². The van der Waals surface area contributed by atoms with Gasteiger partial charge in [0.15, 0.2) is 0 Å². The van der Waals surface area contributed by atoms with Crippen LogP contribution in [0.5, 0.6) is 5.75 Å². The first-order valence-electron chi connectivity index (χ1n) is 10.6. The van der Waals surface area contributed by atoms with Crippen LogP contribution in [0.3, 0.4) is 0 Å². The molecule has 2 bridgehead atoms. The third kappa shape index (κ3) is 5.05. The fourth-order valence-corrected chi connectivity index (χ4v) is 4.57. The molecule has 1 heterocycles. The van der Waals surface area contributed by atoms with E-state index in [1.165, 1.54) is 12.8 Å². The van der Waals surface area contributed by atoms with E-state index in [2.05, 4.69) is 27.7 Å². The first-order valence-corrected chi connectivity index (χ1v) is 10.6. The van der Waals surface area contributed by atoms with E-state index in [0.717, 1.165) is 48.5 Å². The number of carbonyl (C=O) groups is 1. The van der Waals surface area contributed by atoms with Crippen molar-refractivity contribution in [3.05, 3.63) is 53.8 Å². The van der Waals surface area contributed by atoms with Crippen molar-refractivity contribution in [3.63, 3.8) is 0 Å². The predicted molar refractivity (Wildman–Crippen MR) is 109 cm³/mol. The Bertz CT molecular complexity index is 861. The second-order valence-corrected chi connectivity index (χ2v) is 8.08. The number of hydrogen-bond donors (Lipinski definition) is 1. The van der Waals surface area contributed by atoms with Crippen molar-refractivity contribution in [2.45, 2.75) is 44.9 Å². The molecule has 1 N–H and O–H groups in total. The van der Waals surface area contributed by atoms with Crippen LogP contribution in [0.2, 0.25) is 0 Å². The number of aromatic nitrogens is 2. The van der Waals surface area contributed by atoms with Gasteiger partial charge >= 0.3 is 0 Å². The highest BCUT2D eigenvalue weighted by atomic mass is 16.5. The highest BCUT2D eigenvalue weighted by Gasteiger charge is 2.34. The van der Waals surface area contributed by atoms with Gasteiger partial charge in [-0.15, -0.1) is 10.2 Å². The van der Waals surface area contributed by atoms with Crippen molar-refractivity contribution < 1.29 is 13.9 Å². The fourth-order valence-electron chi connectivity index (χ4n) is 4.57. The van der Waals surface area contributed by atoms with E-state index in [1.54, 1.807) is 7.11 Å². The molecule has 2 aliphatic carbocycles. The van der Waals surface area contributed by atoms with E-state index in [4.69, 9.17) is 9.15 Å². The van der Waals surface area contributed by atoms with Crippen LogP contribution in [0, 0.1) is 17.8 Å². The maximum absolute atomic E-state index is 12.1. The minimum atomic E-state index is 0.0532. The maximum Gasteiger partial charge on any atom is 0.220 e. The van der Waals surface area contributed by atoms with E-state index in [-0.39, 0.29) is 5.91 Å². The average molecular weight is 396 g/mol. The Hall–Kier alpha value is -2.63. The molecule has 0 aliphatic heterocycles. The summed E-state index contributed by atoms with van der Waals surface area (Å²) in [5, 5.41) is 11.2. The second-order valence-electron chi connectivity index (χ2n) is 8.08. The van der Waals surface area contributed by atoms with Gasteiger partial charge in [-0.25, -0.2) is 0 Å². The molecule has 1 amide bonds. The van der Waals surface area contributed by atoms with Crippen molar-refractivity contribution in [2.24, 2.45) is 17.8 Å². The van der Waals surface area contributed by atoms with E-state index in [0.29, 0.717) is 31.0 Å². The van der Waals surface area contributed by atoms with Crippen LogP contribution in [0.15, 0.2) is 40.8 Å². The maximum atomic E-state index is 12.1. The number of hydrogen-bond acceptors (Lipinski definition) is 5. The largest absolute Gasteiger partial charge is 0.496 e. The number of carbonyl (C=O) groups excluding carboxylic acids is 1. The van der Waals surface area contributed by atoms with Crippen molar-refractivity contribution in [3.8, 4) is 5.75 Å². The van der Waals surface area contributed by atoms with Gasteiger partial charge in [-0.05, 0) is 55.1 Å². The quantitative estimate of drug-likeness (QED) is 0.623. The summed E-state index contributed by atoms with van der Waals surface area (Å²) in [6.45, 7) is 0.758. The number of aryl methyl sites for hydroxylation is 3. The first-order chi connectivity index (χ1) is 14.2. The van der Waals surface area contributed by atoms with Gasteiger partial charge in [0.1, 0.15) is 5.75 Å². The Morgan fingerprint density at radius 3 is 2.72 bits per heavy atom. The molecular weight excluding hydrogens is 366 g/mol. The lowest BCUT2D eigenvalue weighted by Crippen LogP contribution is -2.26. The van der Waals surface area contributed by atoms with Crippen LogP contribution < -0.4 is 10.1 Å². The van der Waals surface area contributed by atoms with E-state index < -0.39 is 0 Å². The highest BCUT2D eigenvalue weighted by molar-refractivity contribution is 5.75. The molecule has 0 unspecified atom stereocenters. The van der Waals surface area contributed by atoms with Crippen LogP contribution in [0.4, 0.5) is 0 Å². The topological polar surface area (TPSA) is 77.2 Å². The number of para-hydroxylation sites is 1. The summed E-state index contributed by atoms with van der Waals surface area (Å²) in [6.07, 6.45) is 10.7. The van der Waals surface area contributed by atoms with E-state index in [9.17, 15) is 4.79 Å². The zero-order chi connectivity index (χ0) is 20.1. The summed E-state index contributed by atoms with van der Waals surface area (Å²) >= 11 is 0. The van der Waals surface area contributed by atoms with E-state index >= 15 is 0 Å². The van der Waals surface area contributed by atoms with Crippen molar-refractivity contribution in [2.75, 3.05) is 13.7 Å². The van der Waals surface area contributed by atoms with Gasteiger partial charge in [0.25, 0.3) is 0 Å².